The van der Waals surface area contributed by atoms with E-state index in [1.165, 1.54) is 25.4 Å². The Balaban J connectivity index is 1.55. The summed E-state index contributed by atoms with van der Waals surface area (Å²) >= 11 is 0. The SMILES string of the molecule is COCC(c1cnc(N2CCCC2)nc1)c1[nH]ncc1C(=O)NCc1c(C#N)ccc(OC)c1F. The van der Waals surface area contributed by atoms with Gasteiger partial charge in [0.2, 0.25) is 5.95 Å². The zero-order chi connectivity index (χ0) is 24.8. The van der Waals surface area contributed by atoms with E-state index in [4.69, 9.17) is 9.47 Å². The molecule has 4 rings (SSSR count). The van der Waals surface area contributed by atoms with E-state index >= 15 is 0 Å². The lowest BCUT2D eigenvalue weighted by Gasteiger charge is -2.19. The highest BCUT2D eigenvalue weighted by atomic mass is 19.1. The minimum Gasteiger partial charge on any atom is -0.494 e. The number of aromatic nitrogens is 4. The fraction of sp³-hybridized carbons (Fsp3) is 0.375. The molecule has 3 aromatic rings. The molecule has 0 spiro atoms. The molecule has 0 aliphatic carbocycles. The van der Waals surface area contributed by atoms with Gasteiger partial charge in [0.05, 0.1) is 48.7 Å². The van der Waals surface area contributed by atoms with Crippen molar-refractivity contribution < 1.29 is 18.7 Å². The number of benzene rings is 1. The van der Waals surface area contributed by atoms with Crippen LogP contribution in [0.4, 0.5) is 10.3 Å². The van der Waals surface area contributed by atoms with E-state index in [2.05, 4.69) is 30.4 Å². The monoisotopic (exact) mass is 479 g/mol. The quantitative estimate of drug-likeness (QED) is 0.479. The number of nitrogens with zero attached hydrogens (tertiary/aromatic N) is 5. The van der Waals surface area contributed by atoms with E-state index in [0.29, 0.717) is 11.6 Å². The van der Waals surface area contributed by atoms with E-state index in [-0.39, 0.29) is 41.5 Å². The number of rotatable bonds is 9. The zero-order valence-corrected chi connectivity index (χ0v) is 19.5. The minimum absolute atomic E-state index is 0.00483. The fourth-order valence-electron chi connectivity index (χ4n) is 4.15. The Labute approximate surface area is 202 Å². The Hall–Kier alpha value is -4.04. The number of carbonyl (C=O) groups excluding carboxylic acids is 1. The molecule has 1 amide bonds. The Morgan fingerprint density at radius 2 is 2.00 bits per heavy atom. The topological polar surface area (TPSA) is 129 Å². The lowest BCUT2D eigenvalue weighted by atomic mass is 9.96. The highest BCUT2D eigenvalue weighted by Crippen LogP contribution is 2.27. The highest BCUT2D eigenvalue weighted by Gasteiger charge is 2.25. The van der Waals surface area contributed by atoms with Gasteiger partial charge in [-0.2, -0.15) is 10.4 Å². The molecule has 1 fully saturated rings. The van der Waals surface area contributed by atoms with Gasteiger partial charge in [-0.05, 0) is 25.0 Å². The third-order valence-electron chi connectivity index (χ3n) is 6.02. The van der Waals surface area contributed by atoms with Crippen LogP contribution in [0.5, 0.6) is 5.75 Å². The molecule has 1 atom stereocenters. The van der Waals surface area contributed by atoms with Crippen LogP contribution in [-0.4, -0.2) is 60.0 Å². The van der Waals surface area contributed by atoms with E-state index in [9.17, 15) is 14.4 Å². The number of anilines is 1. The average Bonchev–Trinajstić information content (AvgIpc) is 3.59. The standard InChI is InChI=1S/C24H26FN7O3/c1-34-14-19(16-10-28-24(29-11-16)32-7-3-4-8-32)22-18(13-30-31-22)23(33)27-12-17-15(9-26)5-6-20(35-2)21(17)25/h5-6,10-11,13,19H,3-4,7-8,12,14H2,1-2H3,(H,27,33)(H,30,31). The van der Waals surface area contributed by atoms with E-state index < -0.39 is 11.7 Å². The van der Waals surface area contributed by atoms with Gasteiger partial charge in [0.1, 0.15) is 0 Å². The molecular formula is C24H26FN7O3. The summed E-state index contributed by atoms with van der Waals surface area (Å²) in [6.45, 7) is 1.94. The van der Waals surface area contributed by atoms with E-state index in [1.807, 2.05) is 6.07 Å². The predicted octanol–water partition coefficient (Wildman–Crippen LogP) is 2.53. The average molecular weight is 480 g/mol. The van der Waals surface area contributed by atoms with Crippen LogP contribution in [0.3, 0.4) is 0 Å². The second kappa shape index (κ2) is 10.9. The molecule has 1 aliphatic heterocycles. The summed E-state index contributed by atoms with van der Waals surface area (Å²) in [7, 11) is 2.90. The van der Waals surface area contributed by atoms with Crippen molar-refractivity contribution in [1.29, 1.82) is 5.26 Å². The second-order valence-electron chi connectivity index (χ2n) is 8.12. The van der Waals surface area contributed by atoms with Crippen molar-refractivity contribution in [3.05, 3.63) is 64.5 Å². The normalized spacial score (nSPS) is 13.9. The third kappa shape index (κ3) is 5.07. The zero-order valence-electron chi connectivity index (χ0n) is 19.5. The first-order valence-corrected chi connectivity index (χ1v) is 11.2. The van der Waals surface area contributed by atoms with Gasteiger partial charge >= 0.3 is 0 Å². The van der Waals surface area contributed by atoms with Crippen molar-refractivity contribution in [1.82, 2.24) is 25.5 Å². The maximum atomic E-state index is 14.7. The van der Waals surface area contributed by atoms with Crippen LogP contribution in [0, 0.1) is 17.1 Å². The molecule has 2 N–H and O–H groups in total. The molecule has 35 heavy (non-hydrogen) atoms. The van der Waals surface area contributed by atoms with Crippen LogP contribution in [0.2, 0.25) is 0 Å². The number of methoxy groups -OCH3 is 2. The Bertz CT molecular complexity index is 1220. The first-order chi connectivity index (χ1) is 17.1. The third-order valence-corrected chi connectivity index (χ3v) is 6.02. The molecule has 1 unspecified atom stereocenters. The van der Waals surface area contributed by atoms with Crippen LogP contribution < -0.4 is 15.0 Å². The Morgan fingerprint density at radius 1 is 1.26 bits per heavy atom. The van der Waals surface area contributed by atoms with Crippen LogP contribution in [0.15, 0.2) is 30.7 Å². The van der Waals surface area contributed by atoms with Crippen LogP contribution >= 0.6 is 0 Å². The summed E-state index contributed by atoms with van der Waals surface area (Å²) in [5, 5.41) is 18.9. The van der Waals surface area contributed by atoms with Gasteiger partial charge in [-0.3, -0.25) is 9.89 Å². The van der Waals surface area contributed by atoms with Crippen molar-refractivity contribution in [2.45, 2.75) is 25.3 Å². The Kier molecular flexibility index (Phi) is 7.52. The van der Waals surface area contributed by atoms with Crippen LogP contribution in [0.1, 0.15) is 51.5 Å². The second-order valence-corrected chi connectivity index (χ2v) is 8.12. The molecule has 3 heterocycles. The fourth-order valence-corrected chi connectivity index (χ4v) is 4.15. The van der Waals surface area contributed by atoms with Crippen LogP contribution in [-0.2, 0) is 11.3 Å². The summed E-state index contributed by atoms with van der Waals surface area (Å²) in [6, 6.07) is 4.77. The summed E-state index contributed by atoms with van der Waals surface area (Å²) in [5.41, 5.74) is 1.72. The van der Waals surface area contributed by atoms with Gasteiger partial charge < -0.3 is 19.7 Å². The number of hydrogen-bond donors (Lipinski definition) is 2. The number of aromatic amines is 1. The van der Waals surface area contributed by atoms with Crippen molar-refractivity contribution in [2.24, 2.45) is 0 Å². The van der Waals surface area contributed by atoms with E-state index in [1.54, 1.807) is 19.5 Å². The molecule has 0 saturated carbocycles. The maximum absolute atomic E-state index is 14.7. The predicted molar refractivity (Wildman–Crippen MR) is 125 cm³/mol. The van der Waals surface area contributed by atoms with Crippen LogP contribution in [0.25, 0.3) is 0 Å². The Morgan fingerprint density at radius 3 is 2.66 bits per heavy atom. The lowest BCUT2D eigenvalue weighted by Crippen LogP contribution is -2.26. The number of halogens is 1. The summed E-state index contributed by atoms with van der Waals surface area (Å²) in [5.74, 6) is -0.866. The van der Waals surface area contributed by atoms with Crippen molar-refractivity contribution in [3.63, 3.8) is 0 Å². The number of hydrogen-bond acceptors (Lipinski definition) is 8. The van der Waals surface area contributed by atoms with Crippen molar-refractivity contribution >= 4 is 11.9 Å². The smallest absolute Gasteiger partial charge is 0.255 e. The molecule has 0 radical (unpaired) electrons. The first-order valence-electron chi connectivity index (χ1n) is 11.2. The van der Waals surface area contributed by atoms with Crippen molar-refractivity contribution in [2.75, 3.05) is 38.8 Å². The van der Waals surface area contributed by atoms with Gasteiger partial charge in [0.25, 0.3) is 5.91 Å². The van der Waals surface area contributed by atoms with Gasteiger partial charge in [0, 0.05) is 50.3 Å². The highest BCUT2D eigenvalue weighted by molar-refractivity contribution is 5.95. The number of nitriles is 1. The molecule has 1 aromatic carbocycles. The lowest BCUT2D eigenvalue weighted by molar-refractivity contribution is 0.0948. The summed E-state index contributed by atoms with van der Waals surface area (Å²) in [4.78, 5) is 24.2. The largest absolute Gasteiger partial charge is 0.494 e. The molecule has 0 bridgehead atoms. The number of carbonyl (C=O) groups is 1. The molecule has 1 aliphatic rings. The minimum atomic E-state index is -0.688. The molecule has 1 saturated heterocycles. The van der Waals surface area contributed by atoms with Gasteiger partial charge in [-0.25, -0.2) is 14.4 Å². The van der Waals surface area contributed by atoms with Gasteiger partial charge in [-0.15, -0.1) is 0 Å². The van der Waals surface area contributed by atoms with Gasteiger partial charge in [0.15, 0.2) is 11.6 Å². The summed E-state index contributed by atoms with van der Waals surface area (Å²) in [6.07, 6.45) is 7.12. The van der Waals surface area contributed by atoms with Crippen molar-refractivity contribution in [3.8, 4) is 11.8 Å². The molecule has 10 nitrogen and oxygen atoms in total. The summed E-state index contributed by atoms with van der Waals surface area (Å²) < 4.78 is 25.1. The van der Waals surface area contributed by atoms with E-state index in [0.717, 1.165) is 31.5 Å². The number of ether oxygens (including phenoxy) is 2. The maximum Gasteiger partial charge on any atom is 0.255 e. The molecule has 11 heteroatoms. The number of H-pyrrole nitrogens is 1. The molecular weight excluding hydrogens is 453 g/mol. The molecule has 182 valence electrons. The molecule has 2 aromatic heterocycles. The first kappa shape index (κ1) is 24.1. The number of amides is 1. The van der Waals surface area contributed by atoms with Gasteiger partial charge in [-0.1, -0.05) is 0 Å². The number of nitrogens with one attached hydrogen (secondary N) is 2.